The zero-order valence-electron chi connectivity index (χ0n) is 11.2. The minimum atomic E-state index is -4.48. The molecule has 118 valence electrons. The fourth-order valence-corrected chi connectivity index (χ4v) is 2.49. The summed E-state index contributed by atoms with van der Waals surface area (Å²) in [4.78, 5) is 10.7. The van der Waals surface area contributed by atoms with Crippen molar-refractivity contribution in [2.75, 3.05) is 20.3 Å². The van der Waals surface area contributed by atoms with E-state index in [-0.39, 0.29) is 6.54 Å². The maximum absolute atomic E-state index is 13.9. The molecule has 0 aliphatic heterocycles. The van der Waals surface area contributed by atoms with Gasteiger partial charge in [-0.25, -0.2) is 17.2 Å². The molecule has 1 amide bonds. The van der Waals surface area contributed by atoms with Gasteiger partial charge in [0.15, 0.2) is 5.82 Å². The van der Waals surface area contributed by atoms with Crippen molar-refractivity contribution >= 4 is 25.6 Å². The molecule has 0 unspecified atom stereocenters. The maximum atomic E-state index is 13.9. The molecule has 0 atom stereocenters. The molecule has 1 aromatic carbocycles. The van der Waals surface area contributed by atoms with E-state index < -0.39 is 37.1 Å². The minimum Gasteiger partial charge on any atom is -0.385 e. The van der Waals surface area contributed by atoms with Crippen molar-refractivity contribution in [3.63, 3.8) is 0 Å². The molecule has 0 radical (unpaired) electrons. The van der Waals surface area contributed by atoms with Crippen LogP contribution in [0.4, 0.5) is 8.78 Å². The van der Waals surface area contributed by atoms with Crippen LogP contribution in [0.1, 0.15) is 23.2 Å². The van der Waals surface area contributed by atoms with E-state index in [0.29, 0.717) is 31.6 Å². The standard InChI is InChI=1S/C12H14ClF2NO4S/c1-20-5-3-2-4-16-12(17)9-6-8(14)7-10(11(9)15)21(13,18)19/h6-7H,2-5H2,1H3,(H,16,17). The number of hydrogen-bond donors (Lipinski definition) is 1. The van der Waals surface area contributed by atoms with Crippen molar-refractivity contribution in [3.8, 4) is 0 Å². The van der Waals surface area contributed by atoms with Gasteiger partial charge in [0.2, 0.25) is 0 Å². The van der Waals surface area contributed by atoms with E-state index in [4.69, 9.17) is 15.4 Å². The predicted octanol–water partition coefficient (Wildman–Crippen LogP) is 2.05. The van der Waals surface area contributed by atoms with Crippen LogP contribution in [-0.2, 0) is 13.8 Å². The van der Waals surface area contributed by atoms with Gasteiger partial charge in [0, 0.05) is 30.9 Å². The molecule has 1 aromatic rings. The van der Waals surface area contributed by atoms with Crippen LogP contribution < -0.4 is 5.32 Å². The summed E-state index contributed by atoms with van der Waals surface area (Å²) in [6, 6.07) is 1.04. The van der Waals surface area contributed by atoms with Gasteiger partial charge in [-0.2, -0.15) is 0 Å². The molecule has 0 bridgehead atoms. The molecule has 0 saturated heterocycles. The highest BCUT2D eigenvalue weighted by atomic mass is 35.7. The Morgan fingerprint density at radius 3 is 2.57 bits per heavy atom. The largest absolute Gasteiger partial charge is 0.385 e. The average Bonchev–Trinajstić information content (AvgIpc) is 2.39. The summed E-state index contributed by atoms with van der Waals surface area (Å²) in [6.07, 6.45) is 1.26. The fourth-order valence-electron chi connectivity index (χ4n) is 1.58. The van der Waals surface area contributed by atoms with Gasteiger partial charge in [0.05, 0.1) is 5.56 Å². The van der Waals surface area contributed by atoms with Gasteiger partial charge < -0.3 is 10.1 Å². The first-order valence-electron chi connectivity index (χ1n) is 5.98. The Morgan fingerprint density at radius 2 is 2.00 bits per heavy atom. The van der Waals surface area contributed by atoms with Gasteiger partial charge >= 0.3 is 0 Å². The number of amides is 1. The Balaban J connectivity index is 2.88. The van der Waals surface area contributed by atoms with Crippen molar-refractivity contribution in [3.05, 3.63) is 29.3 Å². The van der Waals surface area contributed by atoms with Crippen LogP contribution in [0.3, 0.4) is 0 Å². The Labute approximate surface area is 125 Å². The summed E-state index contributed by atoms with van der Waals surface area (Å²) in [6.45, 7) is 0.736. The van der Waals surface area contributed by atoms with Crippen LogP contribution in [0.5, 0.6) is 0 Å². The number of unbranched alkanes of at least 4 members (excludes halogenated alkanes) is 1. The number of ether oxygens (including phenoxy) is 1. The zero-order valence-corrected chi connectivity index (χ0v) is 12.7. The third-order valence-electron chi connectivity index (χ3n) is 2.57. The SMILES string of the molecule is COCCCCNC(=O)c1cc(F)cc(S(=O)(=O)Cl)c1F. The van der Waals surface area contributed by atoms with E-state index in [1.54, 1.807) is 0 Å². The van der Waals surface area contributed by atoms with Gasteiger partial charge in [-0.1, -0.05) is 0 Å². The van der Waals surface area contributed by atoms with E-state index in [9.17, 15) is 22.0 Å². The van der Waals surface area contributed by atoms with Gasteiger partial charge in [-0.05, 0) is 25.0 Å². The van der Waals surface area contributed by atoms with Gasteiger partial charge in [0.1, 0.15) is 10.7 Å². The Bertz CT molecular complexity index is 622. The molecule has 1 N–H and O–H groups in total. The molecule has 0 aliphatic carbocycles. The lowest BCUT2D eigenvalue weighted by molar-refractivity contribution is 0.0946. The van der Waals surface area contributed by atoms with Crippen molar-refractivity contribution < 1.29 is 26.7 Å². The fraction of sp³-hybridized carbons (Fsp3) is 0.417. The predicted molar refractivity (Wildman–Crippen MR) is 72.8 cm³/mol. The quantitative estimate of drug-likeness (QED) is 0.608. The van der Waals surface area contributed by atoms with Gasteiger partial charge in [-0.3, -0.25) is 4.79 Å². The first-order valence-corrected chi connectivity index (χ1v) is 8.29. The second kappa shape index (κ2) is 7.67. The smallest absolute Gasteiger partial charge is 0.264 e. The summed E-state index contributed by atoms with van der Waals surface area (Å²) in [5, 5.41) is 2.37. The molecule has 0 heterocycles. The van der Waals surface area contributed by atoms with E-state index in [1.165, 1.54) is 7.11 Å². The normalized spacial score (nSPS) is 11.4. The molecular weight excluding hydrogens is 328 g/mol. The third kappa shape index (κ3) is 5.22. The zero-order chi connectivity index (χ0) is 16.0. The van der Waals surface area contributed by atoms with E-state index in [0.717, 1.165) is 0 Å². The van der Waals surface area contributed by atoms with E-state index in [2.05, 4.69) is 5.32 Å². The van der Waals surface area contributed by atoms with Crippen molar-refractivity contribution in [1.29, 1.82) is 0 Å². The van der Waals surface area contributed by atoms with Crippen molar-refractivity contribution in [1.82, 2.24) is 5.32 Å². The van der Waals surface area contributed by atoms with Crippen molar-refractivity contribution in [2.45, 2.75) is 17.7 Å². The molecule has 0 fully saturated rings. The van der Waals surface area contributed by atoms with Crippen LogP contribution in [-0.4, -0.2) is 34.6 Å². The number of hydrogen-bond acceptors (Lipinski definition) is 4. The lowest BCUT2D eigenvalue weighted by atomic mass is 10.2. The number of methoxy groups -OCH3 is 1. The summed E-state index contributed by atoms with van der Waals surface area (Å²) >= 11 is 0. The first-order chi connectivity index (χ1) is 9.77. The van der Waals surface area contributed by atoms with Crippen LogP contribution in [0.15, 0.2) is 17.0 Å². The number of benzene rings is 1. The molecule has 5 nitrogen and oxygen atoms in total. The van der Waals surface area contributed by atoms with Crippen LogP contribution in [0, 0.1) is 11.6 Å². The Kier molecular flexibility index (Phi) is 6.50. The molecule has 9 heteroatoms. The van der Waals surface area contributed by atoms with Crippen molar-refractivity contribution in [2.24, 2.45) is 0 Å². The highest BCUT2D eigenvalue weighted by Crippen LogP contribution is 2.23. The molecule has 0 aliphatic rings. The second-order valence-corrected chi connectivity index (χ2v) is 6.69. The minimum absolute atomic E-state index is 0.223. The third-order valence-corrected chi connectivity index (χ3v) is 3.89. The van der Waals surface area contributed by atoms with Crippen LogP contribution >= 0.6 is 10.7 Å². The highest BCUT2D eigenvalue weighted by molar-refractivity contribution is 8.13. The Hall–Kier alpha value is -1.25. The number of carbonyl (C=O) groups excluding carboxylic acids is 1. The molecule has 0 spiro atoms. The van der Waals surface area contributed by atoms with Gasteiger partial charge in [-0.15, -0.1) is 0 Å². The number of carbonyl (C=O) groups is 1. The lowest BCUT2D eigenvalue weighted by Crippen LogP contribution is -2.26. The first kappa shape index (κ1) is 17.8. The van der Waals surface area contributed by atoms with Crippen LogP contribution in [0.2, 0.25) is 0 Å². The average molecular weight is 342 g/mol. The topological polar surface area (TPSA) is 72.5 Å². The molecule has 0 aromatic heterocycles. The summed E-state index contributed by atoms with van der Waals surface area (Å²) in [5.74, 6) is -3.35. The molecule has 1 rings (SSSR count). The van der Waals surface area contributed by atoms with E-state index in [1.807, 2.05) is 0 Å². The van der Waals surface area contributed by atoms with Gasteiger partial charge in [0.25, 0.3) is 15.0 Å². The Morgan fingerprint density at radius 1 is 1.33 bits per heavy atom. The molecular formula is C12H14ClF2NO4S. The second-order valence-electron chi connectivity index (χ2n) is 4.16. The van der Waals surface area contributed by atoms with E-state index >= 15 is 0 Å². The highest BCUT2D eigenvalue weighted by Gasteiger charge is 2.24. The number of halogens is 3. The molecule has 21 heavy (non-hydrogen) atoms. The molecule has 0 saturated carbocycles. The summed E-state index contributed by atoms with van der Waals surface area (Å²) in [5.41, 5.74) is -0.707. The summed E-state index contributed by atoms with van der Waals surface area (Å²) < 4.78 is 54.3. The maximum Gasteiger partial charge on any atom is 0.264 e. The number of nitrogens with one attached hydrogen (secondary N) is 1. The monoisotopic (exact) mass is 341 g/mol. The lowest BCUT2D eigenvalue weighted by Gasteiger charge is -2.08. The van der Waals surface area contributed by atoms with Crippen LogP contribution in [0.25, 0.3) is 0 Å². The number of rotatable bonds is 7. The summed E-state index contributed by atoms with van der Waals surface area (Å²) in [7, 11) is 2.05.